The second-order valence-electron chi connectivity index (χ2n) is 5.04. The number of carboxylic acids is 1. The van der Waals surface area contributed by atoms with Crippen molar-refractivity contribution < 1.29 is 23.1 Å². The second-order valence-corrected chi connectivity index (χ2v) is 7.69. The minimum absolute atomic E-state index is 0.0275. The molecule has 0 aliphatic rings. The van der Waals surface area contributed by atoms with Gasteiger partial charge in [-0.3, -0.25) is 0 Å². The van der Waals surface area contributed by atoms with Gasteiger partial charge in [-0.05, 0) is 26.0 Å². The third kappa shape index (κ3) is 4.42. The normalized spacial score (nSPS) is 11.8. The average molecular weight is 315 g/mol. The highest BCUT2D eigenvalue weighted by atomic mass is 32.2. The Morgan fingerprint density at radius 1 is 1.38 bits per heavy atom. The van der Waals surface area contributed by atoms with Gasteiger partial charge in [-0.25, -0.2) is 23.0 Å². The van der Waals surface area contributed by atoms with E-state index in [1.807, 2.05) is 0 Å². The largest absolute Gasteiger partial charge is 0.476 e. The molecular weight excluding hydrogens is 298 g/mol. The van der Waals surface area contributed by atoms with Gasteiger partial charge in [-0.1, -0.05) is 0 Å². The number of anilines is 1. The third-order valence-electron chi connectivity index (χ3n) is 2.94. The standard InChI is InChI=1S/C12H17N3O5S/c1-12(2,21(3,19)20)7-14-11(18)15-8-5-4-6-13-9(8)10(16)17/h4-6H,7H2,1-3H3,(H,16,17)(H2,14,15,18). The molecule has 1 heterocycles. The molecule has 0 fully saturated rings. The molecule has 1 aromatic rings. The van der Waals surface area contributed by atoms with E-state index < -0.39 is 26.6 Å². The fourth-order valence-electron chi connectivity index (χ4n) is 1.27. The fourth-order valence-corrected chi connectivity index (χ4v) is 1.60. The zero-order valence-electron chi connectivity index (χ0n) is 11.9. The molecule has 1 aromatic heterocycles. The minimum Gasteiger partial charge on any atom is -0.476 e. The van der Waals surface area contributed by atoms with Crippen LogP contribution in [0, 0.1) is 0 Å². The van der Waals surface area contributed by atoms with Gasteiger partial charge in [-0.2, -0.15) is 0 Å². The van der Waals surface area contributed by atoms with Crippen molar-refractivity contribution in [2.75, 3.05) is 18.1 Å². The summed E-state index contributed by atoms with van der Waals surface area (Å²) in [4.78, 5) is 26.3. The lowest BCUT2D eigenvalue weighted by atomic mass is 10.2. The number of pyridine rings is 1. The molecule has 0 atom stereocenters. The maximum atomic E-state index is 11.7. The summed E-state index contributed by atoms with van der Waals surface area (Å²) in [6.45, 7) is 2.85. The average Bonchev–Trinajstić information content (AvgIpc) is 2.35. The smallest absolute Gasteiger partial charge is 0.356 e. The number of aromatic nitrogens is 1. The number of nitrogens with one attached hydrogen (secondary N) is 2. The van der Waals surface area contributed by atoms with E-state index >= 15 is 0 Å². The first kappa shape index (κ1) is 16.9. The quantitative estimate of drug-likeness (QED) is 0.735. The number of rotatable bonds is 5. The summed E-state index contributed by atoms with van der Waals surface area (Å²) in [7, 11) is -3.34. The molecule has 0 saturated heterocycles. The summed E-state index contributed by atoms with van der Waals surface area (Å²) in [5.41, 5.74) is -0.269. The van der Waals surface area contributed by atoms with E-state index in [-0.39, 0.29) is 17.9 Å². The number of sulfone groups is 1. The Morgan fingerprint density at radius 3 is 2.52 bits per heavy atom. The Bertz CT molecular complexity index is 655. The van der Waals surface area contributed by atoms with Gasteiger partial charge in [-0.15, -0.1) is 0 Å². The van der Waals surface area contributed by atoms with E-state index in [1.165, 1.54) is 32.2 Å². The van der Waals surface area contributed by atoms with Crippen LogP contribution < -0.4 is 10.6 Å². The zero-order valence-corrected chi connectivity index (χ0v) is 12.7. The number of hydrogen-bond donors (Lipinski definition) is 3. The molecule has 0 aromatic carbocycles. The van der Waals surface area contributed by atoms with Crippen molar-refractivity contribution in [1.29, 1.82) is 0 Å². The van der Waals surface area contributed by atoms with Crippen LogP contribution >= 0.6 is 0 Å². The first-order chi connectivity index (χ1) is 9.54. The van der Waals surface area contributed by atoms with Crippen molar-refractivity contribution in [3.63, 3.8) is 0 Å². The molecule has 116 valence electrons. The number of carboxylic acid groups (broad SMARTS) is 1. The van der Waals surface area contributed by atoms with Crippen molar-refractivity contribution in [2.24, 2.45) is 0 Å². The molecule has 0 aliphatic carbocycles. The molecule has 9 heteroatoms. The first-order valence-corrected chi connectivity index (χ1v) is 7.86. The van der Waals surface area contributed by atoms with Crippen molar-refractivity contribution in [2.45, 2.75) is 18.6 Å². The molecule has 1 rings (SSSR count). The van der Waals surface area contributed by atoms with Crippen LogP contribution in [0.25, 0.3) is 0 Å². The fraction of sp³-hybridized carbons (Fsp3) is 0.417. The Morgan fingerprint density at radius 2 is 2.00 bits per heavy atom. The minimum atomic E-state index is -3.34. The number of urea groups is 1. The van der Waals surface area contributed by atoms with Gasteiger partial charge in [0.2, 0.25) is 0 Å². The molecule has 0 unspecified atom stereocenters. The third-order valence-corrected chi connectivity index (χ3v) is 5.09. The number of carbonyl (C=O) groups is 2. The van der Waals surface area contributed by atoms with Crippen molar-refractivity contribution in [3.8, 4) is 0 Å². The Balaban J connectivity index is 2.74. The number of nitrogens with zero attached hydrogens (tertiary/aromatic N) is 1. The summed E-state index contributed by atoms with van der Waals surface area (Å²) in [5.74, 6) is -1.28. The molecule has 0 spiro atoms. The van der Waals surface area contributed by atoms with Crippen LogP contribution in [0.4, 0.5) is 10.5 Å². The lowest BCUT2D eigenvalue weighted by molar-refractivity contribution is 0.0691. The monoisotopic (exact) mass is 315 g/mol. The Hall–Kier alpha value is -2.16. The molecule has 0 radical (unpaired) electrons. The van der Waals surface area contributed by atoms with Gasteiger partial charge in [0.15, 0.2) is 15.5 Å². The first-order valence-electron chi connectivity index (χ1n) is 5.97. The topological polar surface area (TPSA) is 125 Å². The second kappa shape index (κ2) is 6.08. The molecule has 8 nitrogen and oxygen atoms in total. The highest BCUT2D eigenvalue weighted by Crippen LogP contribution is 2.14. The summed E-state index contributed by atoms with van der Waals surface area (Å²) < 4.78 is 21.9. The van der Waals surface area contributed by atoms with Crippen LogP contribution in [0.2, 0.25) is 0 Å². The van der Waals surface area contributed by atoms with Crippen LogP contribution in [0.1, 0.15) is 24.3 Å². The van der Waals surface area contributed by atoms with E-state index in [4.69, 9.17) is 5.11 Å². The van der Waals surface area contributed by atoms with Gasteiger partial charge < -0.3 is 15.7 Å². The molecule has 2 amide bonds. The van der Waals surface area contributed by atoms with Crippen molar-refractivity contribution in [1.82, 2.24) is 10.3 Å². The van der Waals surface area contributed by atoms with Gasteiger partial charge in [0.25, 0.3) is 0 Å². The number of amides is 2. The van der Waals surface area contributed by atoms with Gasteiger partial charge in [0.05, 0.1) is 10.4 Å². The summed E-state index contributed by atoms with van der Waals surface area (Å²) in [6.07, 6.45) is 2.37. The molecule has 21 heavy (non-hydrogen) atoms. The van der Waals surface area contributed by atoms with Crippen LogP contribution in [0.3, 0.4) is 0 Å². The lowest BCUT2D eigenvalue weighted by Gasteiger charge is -2.22. The van der Waals surface area contributed by atoms with Crippen LogP contribution in [0.15, 0.2) is 18.3 Å². The SMILES string of the molecule is CC(C)(CNC(=O)Nc1cccnc1C(=O)O)S(C)(=O)=O. The van der Waals surface area contributed by atoms with Crippen LogP contribution in [0.5, 0.6) is 0 Å². The predicted octanol–water partition coefficient (Wildman–Crippen LogP) is 0.725. The van der Waals surface area contributed by atoms with Crippen LogP contribution in [-0.2, 0) is 9.84 Å². The van der Waals surface area contributed by atoms with E-state index in [2.05, 4.69) is 15.6 Å². The number of hydrogen-bond acceptors (Lipinski definition) is 5. The molecule has 3 N–H and O–H groups in total. The molecule has 0 bridgehead atoms. The highest BCUT2D eigenvalue weighted by molar-refractivity contribution is 7.92. The number of aromatic carboxylic acids is 1. The molecule has 0 aliphatic heterocycles. The summed E-state index contributed by atoms with van der Waals surface area (Å²) >= 11 is 0. The van der Waals surface area contributed by atoms with Gasteiger partial charge in [0.1, 0.15) is 0 Å². The van der Waals surface area contributed by atoms with Gasteiger partial charge in [0, 0.05) is 19.0 Å². The van der Waals surface area contributed by atoms with E-state index in [1.54, 1.807) is 0 Å². The van der Waals surface area contributed by atoms with Crippen LogP contribution in [-0.4, -0.2) is 48.1 Å². The van der Waals surface area contributed by atoms with Crippen molar-refractivity contribution in [3.05, 3.63) is 24.0 Å². The van der Waals surface area contributed by atoms with E-state index in [0.717, 1.165) is 6.26 Å². The maximum absolute atomic E-state index is 11.7. The Kier molecular flexibility index (Phi) is 4.89. The maximum Gasteiger partial charge on any atom is 0.356 e. The summed E-state index contributed by atoms with van der Waals surface area (Å²) in [6, 6.07) is 2.16. The van der Waals surface area contributed by atoms with Gasteiger partial charge >= 0.3 is 12.0 Å². The Labute approximate surface area is 122 Å². The molecular formula is C12H17N3O5S. The predicted molar refractivity (Wildman–Crippen MR) is 77.1 cm³/mol. The summed E-state index contributed by atoms with van der Waals surface area (Å²) in [5, 5.41) is 13.7. The van der Waals surface area contributed by atoms with E-state index in [0.29, 0.717) is 0 Å². The number of carbonyl (C=O) groups excluding carboxylic acids is 1. The highest BCUT2D eigenvalue weighted by Gasteiger charge is 2.30. The van der Waals surface area contributed by atoms with Crippen molar-refractivity contribution >= 4 is 27.5 Å². The lowest BCUT2D eigenvalue weighted by Crippen LogP contribution is -2.45. The van der Waals surface area contributed by atoms with E-state index in [9.17, 15) is 18.0 Å². The zero-order chi connectivity index (χ0) is 16.3. The molecule has 0 saturated carbocycles.